The summed E-state index contributed by atoms with van der Waals surface area (Å²) in [5.41, 5.74) is 8.02. The molecule has 0 spiro atoms. The smallest absolute Gasteiger partial charge is 0.255 e. The van der Waals surface area contributed by atoms with Gasteiger partial charge in [-0.3, -0.25) is 9.48 Å². The first kappa shape index (κ1) is 18.9. The molecule has 1 saturated heterocycles. The maximum absolute atomic E-state index is 12.8. The Morgan fingerprint density at radius 3 is 2.90 bits per heavy atom. The number of nitrogen functional groups attached to an aromatic ring is 1. The van der Waals surface area contributed by atoms with E-state index in [0.29, 0.717) is 18.7 Å². The minimum atomic E-state index is -0.225. The SMILES string of the molecule is Cn1cc(-c2cnc(N)c(C(=O)N[C@@H]3CN[C@@H](COc4ccccc4)C3)c2)cn1. The number of hydrogen-bond acceptors (Lipinski definition) is 6. The van der Waals surface area contributed by atoms with Crippen molar-refractivity contribution < 1.29 is 9.53 Å². The Labute approximate surface area is 169 Å². The molecule has 2 atom stereocenters. The number of benzene rings is 1. The van der Waals surface area contributed by atoms with Gasteiger partial charge in [0.2, 0.25) is 0 Å². The normalized spacial score (nSPS) is 18.5. The zero-order chi connectivity index (χ0) is 20.2. The van der Waals surface area contributed by atoms with Crippen LogP contribution in [0.25, 0.3) is 11.1 Å². The molecule has 1 aromatic carbocycles. The van der Waals surface area contributed by atoms with Gasteiger partial charge in [0.05, 0.1) is 11.8 Å². The molecule has 150 valence electrons. The highest BCUT2D eigenvalue weighted by molar-refractivity contribution is 5.99. The molecule has 1 fully saturated rings. The Balaban J connectivity index is 1.36. The number of anilines is 1. The molecule has 8 heteroatoms. The molecule has 0 bridgehead atoms. The predicted octanol–water partition coefficient (Wildman–Crippen LogP) is 1.60. The van der Waals surface area contributed by atoms with Gasteiger partial charge in [0.1, 0.15) is 18.2 Å². The fourth-order valence-electron chi connectivity index (χ4n) is 3.42. The van der Waals surface area contributed by atoms with Crippen molar-refractivity contribution >= 4 is 11.7 Å². The van der Waals surface area contributed by atoms with Crippen molar-refractivity contribution in [1.82, 2.24) is 25.4 Å². The fourth-order valence-corrected chi connectivity index (χ4v) is 3.42. The van der Waals surface area contributed by atoms with E-state index in [9.17, 15) is 4.79 Å². The molecule has 29 heavy (non-hydrogen) atoms. The van der Waals surface area contributed by atoms with Crippen LogP contribution >= 0.6 is 0 Å². The Morgan fingerprint density at radius 2 is 2.14 bits per heavy atom. The second kappa shape index (κ2) is 8.32. The van der Waals surface area contributed by atoms with Crippen LogP contribution in [0, 0.1) is 0 Å². The third kappa shape index (κ3) is 4.55. The topological polar surface area (TPSA) is 107 Å². The number of ether oxygens (including phenoxy) is 1. The number of nitrogens with two attached hydrogens (primary N) is 1. The van der Waals surface area contributed by atoms with Crippen LogP contribution in [0.4, 0.5) is 5.82 Å². The number of carbonyl (C=O) groups excluding carboxylic acids is 1. The van der Waals surface area contributed by atoms with Gasteiger partial charge >= 0.3 is 0 Å². The number of rotatable bonds is 6. The number of para-hydroxylation sites is 1. The van der Waals surface area contributed by atoms with Gasteiger partial charge in [-0.1, -0.05) is 18.2 Å². The van der Waals surface area contributed by atoms with Crippen LogP contribution in [-0.4, -0.2) is 45.9 Å². The number of pyridine rings is 1. The molecule has 0 aliphatic carbocycles. The van der Waals surface area contributed by atoms with E-state index < -0.39 is 0 Å². The highest BCUT2D eigenvalue weighted by Gasteiger charge is 2.27. The average Bonchev–Trinajstić information content (AvgIpc) is 3.36. The lowest BCUT2D eigenvalue weighted by molar-refractivity contribution is 0.0940. The number of aryl methyl sites for hydroxylation is 1. The molecule has 0 saturated carbocycles. The van der Waals surface area contributed by atoms with E-state index in [-0.39, 0.29) is 23.8 Å². The first-order chi connectivity index (χ1) is 14.1. The predicted molar refractivity (Wildman–Crippen MR) is 110 cm³/mol. The maximum atomic E-state index is 12.8. The van der Waals surface area contributed by atoms with Gasteiger partial charge in [-0.05, 0) is 24.6 Å². The van der Waals surface area contributed by atoms with Crippen molar-refractivity contribution in [2.45, 2.75) is 18.5 Å². The zero-order valence-electron chi connectivity index (χ0n) is 16.2. The third-order valence-electron chi connectivity index (χ3n) is 4.95. The van der Waals surface area contributed by atoms with Crippen molar-refractivity contribution in [3.63, 3.8) is 0 Å². The van der Waals surface area contributed by atoms with Crippen LogP contribution < -0.4 is 21.1 Å². The minimum absolute atomic E-state index is 0.00771. The van der Waals surface area contributed by atoms with Crippen LogP contribution in [0.1, 0.15) is 16.8 Å². The Bertz CT molecular complexity index is 988. The van der Waals surface area contributed by atoms with E-state index in [4.69, 9.17) is 10.5 Å². The summed E-state index contributed by atoms with van der Waals surface area (Å²) >= 11 is 0. The van der Waals surface area contributed by atoms with Crippen molar-refractivity contribution in [3.8, 4) is 16.9 Å². The fraction of sp³-hybridized carbons (Fsp3) is 0.286. The number of aromatic nitrogens is 3. The van der Waals surface area contributed by atoms with Crippen molar-refractivity contribution in [3.05, 3.63) is 60.6 Å². The van der Waals surface area contributed by atoms with Gasteiger partial charge in [0, 0.05) is 49.2 Å². The molecule has 4 rings (SSSR count). The van der Waals surface area contributed by atoms with Crippen molar-refractivity contribution in [1.29, 1.82) is 0 Å². The first-order valence-corrected chi connectivity index (χ1v) is 9.55. The lowest BCUT2D eigenvalue weighted by Crippen LogP contribution is -2.36. The number of carbonyl (C=O) groups is 1. The Morgan fingerprint density at radius 1 is 1.31 bits per heavy atom. The van der Waals surface area contributed by atoms with Crippen LogP contribution in [0.2, 0.25) is 0 Å². The van der Waals surface area contributed by atoms with Gasteiger partial charge in [0.25, 0.3) is 5.91 Å². The molecular weight excluding hydrogens is 368 g/mol. The van der Waals surface area contributed by atoms with Gasteiger partial charge in [-0.15, -0.1) is 0 Å². The summed E-state index contributed by atoms with van der Waals surface area (Å²) < 4.78 is 7.50. The Hall–Kier alpha value is -3.39. The number of hydrogen-bond donors (Lipinski definition) is 3. The van der Waals surface area contributed by atoms with Gasteiger partial charge < -0.3 is 21.1 Å². The summed E-state index contributed by atoms with van der Waals surface area (Å²) in [4.78, 5) is 17.0. The van der Waals surface area contributed by atoms with E-state index in [1.807, 2.05) is 43.6 Å². The molecule has 1 aliphatic rings. The second-order valence-electron chi connectivity index (χ2n) is 7.19. The number of amides is 1. The molecule has 0 radical (unpaired) electrons. The summed E-state index contributed by atoms with van der Waals surface area (Å²) in [6, 6.07) is 11.6. The molecule has 0 unspecified atom stereocenters. The van der Waals surface area contributed by atoms with Crippen LogP contribution in [0.3, 0.4) is 0 Å². The largest absolute Gasteiger partial charge is 0.492 e. The summed E-state index contributed by atoms with van der Waals surface area (Å²) in [6.07, 6.45) is 6.03. The van der Waals surface area contributed by atoms with Crippen LogP contribution in [0.15, 0.2) is 55.0 Å². The summed E-state index contributed by atoms with van der Waals surface area (Å²) in [5, 5.41) is 10.6. The lowest BCUT2D eigenvalue weighted by atomic mass is 10.1. The minimum Gasteiger partial charge on any atom is -0.492 e. The van der Waals surface area contributed by atoms with E-state index >= 15 is 0 Å². The Kier molecular flexibility index (Phi) is 5.44. The standard InChI is InChI=1S/C21H24N6O2/c1-27-12-15(10-25-27)14-7-19(20(22)24-9-14)21(28)26-16-8-17(23-11-16)13-29-18-5-3-2-4-6-18/h2-7,9-10,12,16-17,23H,8,11,13H2,1H3,(H2,22,24)(H,26,28)/t16-,17+/m0/s1. The molecular formula is C21H24N6O2. The van der Waals surface area contributed by atoms with E-state index in [1.54, 1.807) is 23.1 Å². The summed E-state index contributed by atoms with van der Waals surface area (Å²) in [7, 11) is 1.84. The highest BCUT2D eigenvalue weighted by Crippen LogP contribution is 2.22. The van der Waals surface area contributed by atoms with Crippen molar-refractivity contribution in [2.75, 3.05) is 18.9 Å². The molecule has 8 nitrogen and oxygen atoms in total. The van der Waals surface area contributed by atoms with E-state index in [2.05, 4.69) is 20.7 Å². The lowest BCUT2D eigenvalue weighted by Gasteiger charge is -2.14. The first-order valence-electron chi connectivity index (χ1n) is 9.55. The molecule has 4 N–H and O–H groups in total. The molecule has 1 aliphatic heterocycles. The monoisotopic (exact) mass is 392 g/mol. The summed E-state index contributed by atoms with van der Waals surface area (Å²) in [5.74, 6) is 0.829. The number of nitrogens with one attached hydrogen (secondary N) is 2. The summed E-state index contributed by atoms with van der Waals surface area (Å²) in [6.45, 7) is 1.24. The average molecular weight is 392 g/mol. The van der Waals surface area contributed by atoms with Gasteiger partial charge in [0.15, 0.2) is 0 Å². The van der Waals surface area contributed by atoms with Gasteiger partial charge in [-0.2, -0.15) is 5.10 Å². The molecule has 2 aromatic heterocycles. The molecule has 3 heterocycles. The second-order valence-corrected chi connectivity index (χ2v) is 7.19. The van der Waals surface area contributed by atoms with Crippen molar-refractivity contribution in [2.24, 2.45) is 7.05 Å². The number of nitrogens with zero attached hydrogens (tertiary/aromatic N) is 3. The molecule has 1 amide bonds. The van der Waals surface area contributed by atoms with Crippen LogP contribution in [0.5, 0.6) is 5.75 Å². The van der Waals surface area contributed by atoms with Gasteiger partial charge in [-0.25, -0.2) is 4.98 Å². The van der Waals surface area contributed by atoms with E-state index in [1.165, 1.54) is 0 Å². The maximum Gasteiger partial charge on any atom is 0.255 e. The third-order valence-corrected chi connectivity index (χ3v) is 4.95. The zero-order valence-corrected chi connectivity index (χ0v) is 16.2. The molecule has 3 aromatic rings. The van der Waals surface area contributed by atoms with Crippen LogP contribution in [-0.2, 0) is 7.05 Å². The highest BCUT2D eigenvalue weighted by atomic mass is 16.5. The quantitative estimate of drug-likeness (QED) is 0.588. The van der Waals surface area contributed by atoms with E-state index in [0.717, 1.165) is 23.3 Å².